The van der Waals surface area contributed by atoms with Crippen LogP contribution in [0.15, 0.2) is 45.8 Å². The van der Waals surface area contributed by atoms with Crippen LogP contribution in [-0.4, -0.2) is 43.1 Å². The first kappa shape index (κ1) is 21.3. The second-order valence-electron chi connectivity index (χ2n) is 7.78. The fourth-order valence-corrected chi connectivity index (χ4v) is 5.79. The van der Waals surface area contributed by atoms with Gasteiger partial charge < -0.3 is 14.6 Å². The average Bonchev–Trinajstić information content (AvgIpc) is 3.35. The van der Waals surface area contributed by atoms with E-state index >= 15 is 0 Å². The number of anilines is 2. The zero-order valence-electron chi connectivity index (χ0n) is 18.0. The van der Waals surface area contributed by atoms with Crippen molar-refractivity contribution in [2.75, 3.05) is 25.5 Å². The summed E-state index contributed by atoms with van der Waals surface area (Å²) in [6, 6.07) is 11.7. The largest absolute Gasteiger partial charge is 0.497 e. The molecular weight excluding hydrogens is 416 g/mol. The van der Waals surface area contributed by atoms with Gasteiger partial charge >= 0.3 is 0 Å². The zero-order valence-corrected chi connectivity index (χ0v) is 18.9. The predicted molar refractivity (Wildman–Crippen MR) is 117 cm³/mol. The number of pyridine rings is 1. The molecule has 0 saturated carbocycles. The number of nitrogens with zero attached hydrogens (tertiary/aromatic N) is 3. The standard InChI is InChI=1S/C22H26N4O4S/c1-14-10-19(24-18-6-5-7-20(11-18)29-4)12-21(23-14)17-8-9-26(13-17)31(27,28)22-15(2)25-30-16(22)3/h5-7,10-12,17H,8-9,13H2,1-4H3,(H,23,24). The summed E-state index contributed by atoms with van der Waals surface area (Å²) in [5.41, 5.74) is 3.95. The lowest BCUT2D eigenvalue weighted by Gasteiger charge is -2.17. The summed E-state index contributed by atoms with van der Waals surface area (Å²) in [6.45, 7) is 6.02. The van der Waals surface area contributed by atoms with E-state index in [2.05, 4.69) is 15.5 Å². The highest BCUT2D eigenvalue weighted by Gasteiger charge is 2.37. The molecule has 0 aliphatic carbocycles. The van der Waals surface area contributed by atoms with Crippen molar-refractivity contribution in [1.29, 1.82) is 0 Å². The first-order chi connectivity index (χ1) is 14.8. The predicted octanol–water partition coefficient (Wildman–Crippen LogP) is 3.93. The maximum absolute atomic E-state index is 13.1. The van der Waals surface area contributed by atoms with E-state index in [9.17, 15) is 8.42 Å². The van der Waals surface area contributed by atoms with Crippen LogP contribution in [-0.2, 0) is 10.0 Å². The van der Waals surface area contributed by atoms with Crippen molar-refractivity contribution < 1.29 is 17.7 Å². The van der Waals surface area contributed by atoms with Crippen molar-refractivity contribution in [3.8, 4) is 5.75 Å². The number of hydrogen-bond acceptors (Lipinski definition) is 7. The molecule has 1 saturated heterocycles. The van der Waals surface area contributed by atoms with Crippen molar-refractivity contribution in [1.82, 2.24) is 14.4 Å². The Morgan fingerprint density at radius 3 is 2.68 bits per heavy atom. The highest BCUT2D eigenvalue weighted by molar-refractivity contribution is 7.89. The summed E-state index contributed by atoms with van der Waals surface area (Å²) < 4.78 is 38.1. The van der Waals surface area contributed by atoms with E-state index in [1.165, 1.54) is 4.31 Å². The number of benzene rings is 1. The Kier molecular flexibility index (Phi) is 5.72. The smallest absolute Gasteiger partial charge is 0.248 e. The van der Waals surface area contributed by atoms with E-state index in [0.717, 1.165) is 28.5 Å². The average molecular weight is 443 g/mol. The molecule has 0 radical (unpaired) electrons. The quantitative estimate of drug-likeness (QED) is 0.618. The number of sulfonamides is 1. The Morgan fingerprint density at radius 1 is 1.16 bits per heavy atom. The van der Waals surface area contributed by atoms with Crippen LogP contribution < -0.4 is 10.1 Å². The summed E-state index contributed by atoms with van der Waals surface area (Å²) >= 11 is 0. The first-order valence-corrected chi connectivity index (χ1v) is 11.5. The van der Waals surface area contributed by atoms with Gasteiger partial charge in [-0.25, -0.2) is 8.42 Å². The van der Waals surface area contributed by atoms with E-state index in [-0.39, 0.29) is 10.8 Å². The molecule has 1 unspecified atom stereocenters. The fourth-order valence-electron chi connectivity index (χ4n) is 4.00. The lowest BCUT2D eigenvalue weighted by atomic mass is 10.0. The van der Waals surface area contributed by atoms with Crippen molar-refractivity contribution >= 4 is 21.4 Å². The summed E-state index contributed by atoms with van der Waals surface area (Å²) in [5.74, 6) is 1.10. The Bertz CT molecular complexity index is 1190. The molecule has 0 bridgehead atoms. The highest BCUT2D eigenvalue weighted by atomic mass is 32.2. The molecule has 1 aromatic carbocycles. The van der Waals surface area contributed by atoms with Crippen LogP contribution in [0.3, 0.4) is 0 Å². The van der Waals surface area contributed by atoms with E-state index < -0.39 is 10.0 Å². The van der Waals surface area contributed by atoms with Gasteiger partial charge in [-0.15, -0.1) is 0 Å². The summed E-state index contributed by atoms with van der Waals surface area (Å²) in [4.78, 5) is 4.86. The topological polar surface area (TPSA) is 97.6 Å². The molecule has 1 N–H and O–H groups in total. The van der Waals surface area contributed by atoms with Crippen molar-refractivity contribution in [3.63, 3.8) is 0 Å². The SMILES string of the molecule is COc1cccc(Nc2cc(C)nc(C3CCN(S(=O)(=O)c4c(C)noc4C)C3)c2)c1. The van der Waals surface area contributed by atoms with Gasteiger partial charge in [-0.1, -0.05) is 11.2 Å². The third-order valence-electron chi connectivity index (χ3n) is 5.47. The second kappa shape index (κ2) is 8.32. The number of aromatic nitrogens is 2. The maximum atomic E-state index is 13.1. The molecule has 9 heteroatoms. The monoisotopic (exact) mass is 442 g/mol. The Labute approximate surface area is 182 Å². The van der Waals surface area contributed by atoms with E-state index in [1.54, 1.807) is 21.0 Å². The Morgan fingerprint density at radius 2 is 1.97 bits per heavy atom. The molecule has 164 valence electrons. The van der Waals surface area contributed by atoms with Gasteiger partial charge in [0, 0.05) is 47.8 Å². The van der Waals surface area contributed by atoms with Crippen LogP contribution in [0.2, 0.25) is 0 Å². The Balaban J connectivity index is 1.55. The minimum Gasteiger partial charge on any atom is -0.497 e. The normalized spacial score (nSPS) is 17.1. The van der Waals surface area contributed by atoms with Gasteiger partial charge in [-0.3, -0.25) is 4.98 Å². The van der Waals surface area contributed by atoms with Gasteiger partial charge in [-0.05, 0) is 51.5 Å². The molecule has 1 atom stereocenters. The highest BCUT2D eigenvalue weighted by Crippen LogP contribution is 2.33. The number of hydrogen-bond donors (Lipinski definition) is 1. The van der Waals surface area contributed by atoms with Crippen LogP contribution in [0.4, 0.5) is 11.4 Å². The molecule has 0 amide bonds. The number of methoxy groups -OCH3 is 1. The fraction of sp³-hybridized carbons (Fsp3) is 0.364. The minimum atomic E-state index is -3.65. The third-order valence-corrected chi connectivity index (χ3v) is 7.58. The maximum Gasteiger partial charge on any atom is 0.248 e. The molecule has 1 fully saturated rings. The van der Waals surface area contributed by atoms with Crippen LogP contribution in [0, 0.1) is 20.8 Å². The zero-order chi connectivity index (χ0) is 22.2. The first-order valence-electron chi connectivity index (χ1n) is 10.1. The number of aryl methyl sites for hydroxylation is 3. The van der Waals surface area contributed by atoms with Gasteiger partial charge in [0.15, 0.2) is 5.76 Å². The molecular formula is C22H26N4O4S. The number of ether oxygens (including phenoxy) is 1. The molecule has 1 aliphatic heterocycles. The molecule has 31 heavy (non-hydrogen) atoms. The van der Waals surface area contributed by atoms with E-state index in [0.29, 0.717) is 31.0 Å². The molecule has 3 heterocycles. The van der Waals surface area contributed by atoms with E-state index in [4.69, 9.17) is 9.26 Å². The van der Waals surface area contributed by atoms with Gasteiger partial charge in [0.25, 0.3) is 0 Å². The Hall–Kier alpha value is -2.91. The van der Waals surface area contributed by atoms with Crippen LogP contribution in [0.25, 0.3) is 0 Å². The van der Waals surface area contributed by atoms with Gasteiger partial charge in [-0.2, -0.15) is 4.31 Å². The van der Waals surface area contributed by atoms with Crippen LogP contribution >= 0.6 is 0 Å². The minimum absolute atomic E-state index is 0.0148. The number of rotatable bonds is 6. The van der Waals surface area contributed by atoms with E-state index in [1.807, 2.05) is 43.3 Å². The van der Waals surface area contributed by atoms with Crippen molar-refractivity contribution in [3.05, 3.63) is 59.2 Å². The molecule has 3 aromatic rings. The van der Waals surface area contributed by atoms with Gasteiger partial charge in [0.05, 0.1) is 7.11 Å². The lowest BCUT2D eigenvalue weighted by Crippen LogP contribution is -2.29. The van der Waals surface area contributed by atoms with Crippen molar-refractivity contribution in [2.45, 2.75) is 38.0 Å². The van der Waals surface area contributed by atoms with Crippen LogP contribution in [0.1, 0.15) is 35.2 Å². The second-order valence-corrected chi connectivity index (χ2v) is 9.66. The summed E-state index contributed by atoms with van der Waals surface area (Å²) in [5, 5.41) is 7.19. The summed E-state index contributed by atoms with van der Waals surface area (Å²) in [6.07, 6.45) is 0.706. The number of nitrogens with one attached hydrogen (secondary N) is 1. The molecule has 1 aliphatic rings. The van der Waals surface area contributed by atoms with Gasteiger partial charge in [0.2, 0.25) is 10.0 Å². The molecule has 8 nitrogen and oxygen atoms in total. The molecule has 0 spiro atoms. The van der Waals surface area contributed by atoms with Gasteiger partial charge in [0.1, 0.15) is 16.3 Å². The van der Waals surface area contributed by atoms with Crippen molar-refractivity contribution in [2.24, 2.45) is 0 Å². The molecule has 4 rings (SSSR count). The lowest BCUT2D eigenvalue weighted by molar-refractivity contribution is 0.389. The molecule has 2 aromatic heterocycles. The summed E-state index contributed by atoms with van der Waals surface area (Å²) in [7, 11) is -2.02. The van der Waals surface area contributed by atoms with Crippen LogP contribution in [0.5, 0.6) is 5.75 Å². The third kappa shape index (κ3) is 4.28.